The van der Waals surface area contributed by atoms with E-state index in [0.717, 1.165) is 5.56 Å². The maximum Gasteiger partial charge on any atom is 0.147 e. The van der Waals surface area contributed by atoms with E-state index in [2.05, 4.69) is 0 Å². The Morgan fingerprint density at radius 3 is 2.55 bits per heavy atom. The second-order valence-electron chi connectivity index (χ2n) is 4.30. The zero-order valence-corrected chi connectivity index (χ0v) is 10.8. The van der Waals surface area contributed by atoms with E-state index in [1.54, 1.807) is 30.3 Å². The van der Waals surface area contributed by atoms with Crippen molar-refractivity contribution in [1.82, 2.24) is 0 Å². The summed E-state index contributed by atoms with van der Waals surface area (Å²) in [6.07, 6.45) is 0.596. The third kappa shape index (κ3) is 3.34. The highest BCUT2D eigenvalue weighted by molar-refractivity contribution is 5.35. The van der Waals surface area contributed by atoms with Crippen LogP contribution < -0.4 is 4.74 Å². The molecule has 3 nitrogen and oxygen atoms in total. The smallest absolute Gasteiger partial charge is 0.147 e. The first kappa shape index (κ1) is 14.0. The molecule has 0 spiro atoms. The van der Waals surface area contributed by atoms with E-state index in [0.29, 0.717) is 17.7 Å². The van der Waals surface area contributed by atoms with Gasteiger partial charge in [0.2, 0.25) is 0 Å². The summed E-state index contributed by atoms with van der Waals surface area (Å²) in [5.74, 6) is 0.0837. The Kier molecular flexibility index (Phi) is 4.70. The van der Waals surface area contributed by atoms with Crippen molar-refractivity contribution in [2.75, 3.05) is 6.61 Å². The monoisotopic (exact) mass is 271 g/mol. The molecule has 20 heavy (non-hydrogen) atoms. The summed E-state index contributed by atoms with van der Waals surface area (Å²) >= 11 is 0. The molecule has 0 aliphatic carbocycles. The molecule has 0 aliphatic heterocycles. The third-order valence-corrected chi connectivity index (χ3v) is 2.92. The van der Waals surface area contributed by atoms with Crippen molar-refractivity contribution in [2.45, 2.75) is 13.0 Å². The normalized spacial score (nSPS) is 10.1. The molecule has 0 heterocycles. The van der Waals surface area contributed by atoms with Crippen LogP contribution in [0.1, 0.15) is 16.7 Å². The van der Waals surface area contributed by atoms with Crippen molar-refractivity contribution in [3.05, 3.63) is 65.0 Å². The second-order valence-corrected chi connectivity index (χ2v) is 4.30. The summed E-state index contributed by atoms with van der Waals surface area (Å²) in [4.78, 5) is 0. The summed E-state index contributed by atoms with van der Waals surface area (Å²) in [6, 6.07) is 13.7. The van der Waals surface area contributed by atoms with Crippen LogP contribution in [0.5, 0.6) is 5.75 Å². The van der Waals surface area contributed by atoms with Crippen molar-refractivity contribution in [1.29, 1.82) is 5.26 Å². The molecule has 0 fully saturated rings. The van der Waals surface area contributed by atoms with Gasteiger partial charge >= 0.3 is 0 Å². The molecule has 102 valence electrons. The van der Waals surface area contributed by atoms with E-state index in [9.17, 15) is 4.39 Å². The fraction of sp³-hybridized carbons (Fsp3) is 0.188. The Hall–Kier alpha value is -2.38. The standard InChI is InChI=1S/C16H14FNO2/c17-16-13(10-18)2-1-3-14(16)11-20-15-6-4-12(5-7-15)8-9-19/h1-7,19H,8-9,11H2. The van der Waals surface area contributed by atoms with Gasteiger partial charge in [-0.05, 0) is 30.2 Å². The number of nitriles is 1. The first-order valence-corrected chi connectivity index (χ1v) is 6.24. The molecule has 0 unspecified atom stereocenters. The Morgan fingerprint density at radius 1 is 1.15 bits per heavy atom. The van der Waals surface area contributed by atoms with E-state index in [1.165, 1.54) is 6.07 Å². The van der Waals surface area contributed by atoms with Crippen molar-refractivity contribution in [3.63, 3.8) is 0 Å². The minimum Gasteiger partial charge on any atom is -0.489 e. The fourth-order valence-electron chi connectivity index (χ4n) is 1.82. The van der Waals surface area contributed by atoms with Crippen molar-refractivity contribution in [2.24, 2.45) is 0 Å². The number of rotatable bonds is 5. The molecular weight excluding hydrogens is 257 g/mol. The lowest BCUT2D eigenvalue weighted by Crippen LogP contribution is -2.00. The zero-order valence-electron chi connectivity index (χ0n) is 10.8. The predicted molar refractivity (Wildman–Crippen MR) is 72.7 cm³/mol. The molecule has 0 aliphatic rings. The molecule has 2 rings (SSSR count). The molecule has 0 amide bonds. The quantitative estimate of drug-likeness (QED) is 0.909. The highest BCUT2D eigenvalue weighted by Crippen LogP contribution is 2.17. The number of hydrogen-bond donors (Lipinski definition) is 1. The van der Waals surface area contributed by atoms with Gasteiger partial charge in [-0.25, -0.2) is 4.39 Å². The SMILES string of the molecule is N#Cc1cccc(COc2ccc(CCO)cc2)c1F. The summed E-state index contributed by atoms with van der Waals surface area (Å²) in [6.45, 7) is 0.174. The summed E-state index contributed by atoms with van der Waals surface area (Å²) < 4.78 is 19.3. The number of benzene rings is 2. The maximum absolute atomic E-state index is 13.8. The molecular formula is C16H14FNO2. The number of nitrogens with zero attached hydrogens (tertiary/aromatic N) is 1. The Labute approximate surface area is 116 Å². The molecule has 0 radical (unpaired) electrons. The lowest BCUT2D eigenvalue weighted by Gasteiger charge is -2.08. The van der Waals surface area contributed by atoms with Crippen LogP contribution in [-0.4, -0.2) is 11.7 Å². The van der Waals surface area contributed by atoms with Crippen LogP contribution in [0, 0.1) is 17.1 Å². The van der Waals surface area contributed by atoms with E-state index < -0.39 is 5.82 Å². The zero-order chi connectivity index (χ0) is 14.4. The summed E-state index contributed by atoms with van der Waals surface area (Å²) in [5, 5.41) is 17.6. The van der Waals surface area contributed by atoms with E-state index >= 15 is 0 Å². The van der Waals surface area contributed by atoms with Gasteiger partial charge in [-0.15, -0.1) is 0 Å². The van der Waals surface area contributed by atoms with Gasteiger partial charge in [0, 0.05) is 12.2 Å². The average molecular weight is 271 g/mol. The number of aliphatic hydroxyl groups excluding tert-OH is 1. The first-order valence-electron chi connectivity index (χ1n) is 6.24. The van der Waals surface area contributed by atoms with Gasteiger partial charge in [0.1, 0.15) is 24.2 Å². The van der Waals surface area contributed by atoms with Crippen molar-refractivity contribution >= 4 is 0 Å². The predicted octanol–water partition coefficient (Wildman–Crippen LogP) is 2.81. The molecule has 0 aromatic heterocycles. The van der Waals surface area contributed by atoms with E-state index in [1.807, 2.05) is 12.1 Å². The number of hydrogen-bond acceptors (Lipinski definition) is 3. The van der Waals surface area contributed by atoms with Crippen LogP contribution in [0.25, 0.3) is 0 Å². The number of aliphatic hydroxyl groups is 1. The Morgan fingerprint density at radius 2 is 1.90 bits per heavy atom. The molecule has 2 aromatic carbocycles. The highest BCUT2D eigenvalue weighted by atomic mass is 19.1. The van der Waals surface area contributed by atoms with Crippen LogP contribution >= 0.6 is 0 Å². The van der Waals surface area contributed by atoms with Gasteiger partial charge in [-0.2, -0.15) is 5.26 Å². The number of ether oxygens (including phenoxy) is 1. The van der Waals surface area contributed by atoms with Crippen LogP contribution in [0.15, 0.2) is 42.5 Å². The average Bonchev–Trinajstić information content (AvgIpc) is 2.48. The van der Waals surface area contributed by atoms with Crippen LogP contribution in [0.3, 0.4) is 0 Å². The third-order valence-electron chi connectivity index (χ3n) is 2.92. The second kappa shape index (κ2) is 6.69. The lowest BCUT2D eigenvalue weighted by atomic mass is 10.1. The summed E-state index contributed by atoms with van der Waals surface area (Å²) in [5.41, 5.74) is 1.38. The molecule has 0 saturated carbocycles. The summed E-state index contributed by atoms with van der Waals surface area (Å²) in [7, 11) is 0. The molecule has 0 bridgehead atoms. The molecule has 2 aromatic rings. The van der Waals surface area contributed by atoms with Gasteiger partial charge in [0.15, 0.2) is 0 Å². The van der Waals surface area contributed by atoms with Crippen LogP contribution in [0.2, 0.25) is 0 Å². The Balaban J connectivity index is 2.04. The minimum atomic E-state index is -0.535. The largest absolute Gasteiger partial charge is 0.489 e. The topological polar surface area (TPSA) is 53.2 Å². The Bertz CT molecular complexity index is 617. The van der Waals surface area contributed by atoms with Crippen LogP contribution in [-0.2, 0) is 13.0 Å². The van der Waals surface area contributed by atoms with Gasteiger partial charge in [0.25, 0.3) is 0 Å². The van der Waals surface area contributed by atoms with Gasteiger partial charge < -0.3 is 9.84 Å². The molecule has 4 heteroatoms. The van der Waals surface area contributed by atoms with Gasteiger partial charge in [-0.3, -0.25) is 0 Å². The van der Waals surface area contributed by atoms with Crippen molar-refractivity contribution in [3.8, 4) is 11.8 Å². The van der Waals surface area contributed by atoms with Gasteiger partial charge in [-0.1, -0.05) is 24.3 Å². The number of halogens is 1. The minimum absolute atomic E-state index is 0.0180. The van der Waals surface area contributed by atoms with Crippen molar-refractivity contribution < 1.29 is 14.2 Å². The van der Waals surface area contributed by atoms with Crippen LogP contribution in [0.4, 0.5) is 4.39 Å². The highest BCUT2D eigenvalue weighted by Gasteiger charge is 2.08. The fourth-order valence-corrected chi connectivity index (χ4v) is 1.82. The van der Waals surface area contributed by atoms with Gasteiger partial charge in [0.05, 0.1) is 5.56 Å². The molecule has 0 atom stereocenters. The van der Waals surface area contributed by atoms with E-state index in [-0.39, 0.29) is 18.8 Å². The maximum atomic E-state index is 13.8. The molecule has 0 saturated heterocycles. The molecule has 1 N–H and O–H groups in total. The lowest BCUT2D eigenvalue weighted by molar-refractivity contribution is 0.296. The van der Waals surface area contributed by atoms with E-state index in [4.69, 9.17) is 15.1 Å². The first-order chi connectivity index (χ1) is 9.74.